The van der Waals surface area contributed by atoms with Gasteiger partial charge in [-0.25, -0.2) is 4.79 Å². The summed E-state index contributed by atoms with van der Waals surface area (Å²) < 4.78 is 0. The molecule has 6 rings (SSSR count). The first kappa shape index (κ1) is 38.5. The number of nitrogens with one attached hydrogen (secondary N) is 3. The molecular formula is C41H46N4O5. The largest absolute Gasteiger partial charge is 0.477 e. The smallest absolute Gasteiger partial charge is 0.341 e. The third-order valence-electron chi connectivity index (χ3n) is 7.79. The number of rotatable bonds is 3. The fraction of sp³-hybridized carbons (Fsp3) is 0.220. The van der Waals surface area contributed by atoms with Crippen molar-refractivity contribution in [2.24, 2.45) is 0 Å². The van der Waals surface area contributed by atoms with Gasteiger partial charge in [0.2, 0.25) is 10.9 Å². The molecule has 0 bridgehead atoms. The van der Waals surface area contributed by atoms with E-state index in [2.05, 4.69) is 62.9 Å². The molecule has 0 saturated carbocycles. The molecule has 0 aliphatic heterocycles. The number of carboxylic acids is 1. The zero-order chi connectivity index (χ0) is 35.9. The van der Waals surface area contributed by atoms with E-state index in [0.29, 0.717) is 27.5 Å². The summed E-state index contributed by atoms with van der Waals surface area (Å²) in [5.74, 6) is -1.62. The Labute approximate surface area is 292 Å². The third-order valence-corrected chi connectivity index (χ3v) is 7.79. The molecule has 0 spiro atoms. The van der Waals surface area contributed by atoms with Gasteiger partial charge in [0.25, 0.3) is 5.91 Å². The van der Waals surface area contributed by atoms with Crippen molar-refractivity contribution in [2.75, 3.05) is 11.1 Å². The fourth-order valence-electron chi connectivity index (χ4n) is 4.93. The van der Waals surface area contributed by atoms with Crippen LogP contribution in [0.5, 0.6) is 0 Å². The first-order valence-corrected chi connectivity index (χ1v) is 15.8. The van der Waals surface area contributed by atoms with E-state index in [9.17, 15) is 19.2 Å². The summed E-state index contributed by atoms with van der Waals surface area (Å²) in [5, 5.41) is 12.4. The molecule has 0 aliphatic rings. The first-order valence-electron chi connectivity index (χ1n) is 15.8. The van der Waals surface area contributed by atoms with Gasteiger partial charge in [-0.3, -0.25) is 14.4 Å². The maximum Gasteiger partial charge on any atom is 0.341 e. The van der Waals surface area contributed by atoms with Crippen molar-refractivity contribution in [2.45, 2.75) is 59.8 Å². The van der Waals surface area contributed by atoms with Crippen LogP contribution in [0, 0.1) is 0 Å². The molecule has 260 valence electrons. The van der Waals surface area contributed by atoms with Gasteiger partial charge in [0.05, 0.1) is 0 Å². The number of aromatic carboxylic acids is 1. The molecular weight excluding hydrogens is 628 g/mol. The van der Waals surface area contributed by atoms with Crippen LogP contribution in [-0.2, 0) is 10.8 Å². The van der Waals surface area contributed by atoms with Crippen molar-refractivity contribution in [3.8, 4) is 0 Å². The van der Waals surface area contributed by atoms with Crippen LogP contribution in [0.4, 0.5) is 11.4 Å². The molecule has 0 unspecified atom stereocenters. The minimum absolute atomic E-state index is 0. The number of H-pyrrole nitrogens is 2. The lowest BCUT2D eigenvalue weighted by Crippen LogP contribution is -2.22. The Morgan fingerprint density at radius 3 is 1.58 bits per heavy atom. The maximum atomic E-state index is 12.5. The predicted molar refractivity (Wildman–Crippen MR) is 205 cm³/mol. The lowest BCUT2D eigenvalue weighted by molar-refractivity contribution is 0.0695. The van der Waals surface area contributed by atoms with E-state index < -0.39 is 17.3 Å². The summed E-state index contributed by atoms with van der Waals surface area (Å²) >= 11 is 0. The van der Waals surface area contributed by atoms with Crippen LogP contribution in [-0.4, -0.2) is 27.0 Å². The summed E-state index contributed by atoms with van der Waals surface area (Å²) in [5.41, 5.74) is 10.3. The molecule has 0 aliphatic carbocycles. The van der Waals surface area contributed by atoms with Crippen molar-refractivity contribution >= 4 is 45.1 Å². The molecule has 2 aromatic heterocycles. The van der Waals surface area contributed by atoms with E-state index in [-0.39, 0.29) is 34.8 Å². The Bertz CT molecular complexity index is 2240. The standard InChI is InChI=1S/C20H20N2O2.C10H7NO3.C10H15N.CH4/c1-20(2,3)13-7-6-8-14(11-13)22-19(24)16-12-21-17-10-5-4-9-15(17)18(16)23;12-9-6-3-1-2-4-8(6)11-5-7(9)10(13)14;1-10(2,3)8-5-4-6-9(11)7-8;/h4-12H,1-3H3,(H,21,23)(H,22,24);1-5H,(H,11,12)(H,13,14);4-7H,11H2,1-3H3;1H4. The van der Waals surface area contributed by atoms with Gasteiger partial charge < -0.3 is 26.1 Å². The Morgan fingerprint density at radius 1 is 0.640 bits per heavy atom. The number of hydrogen-bond acceptors (Lipinski definition) is 5. The lowest BCUT2D eigenvalue weighted by Gasteiger charge is -2.19. The van der Waals surface area contributed by atoms with E-state index in [0.717, 1.165) is 11.3 Å². The second-order valence-corrected chi connectivity index (χ2v) is 13.6. The molecule has 0 atom stereocenters. The molecule has 50 heavy (non-hydrogen) atoms. The number of nitrogens with two attached hydrogens (primary N) is 1. The number of pyridine rings is 2. The molecule has 9 nitrogen and oxygen atoms in total. The molecule has 2 heterocycles. The minimum atomic E-state index is -1.21. The third kappa shape index (κ3) is 9.56. The summed E-state index contributed by atoms with van der Waals surface area (Å²) in [6.07, 6.45) is 2.68. The first-order chi connectivity index (χ1) is 23.1. The predicted octanol–water partition coefficient (Wildman–Crippen LogP) is 8.51. The normalized spacial score (nSPS) is 10.9. The van der Waals surface area contributed by atoms with Crippen molar-refractivity contribution in [3.05, 3.63) is 152 Å². The number of amides is 1. The van der Waals surface area contributed by atoms with Gasteiger partial charge in [0, 0.05) is 45.6 Å². The van der Waals surface area contributed by atoms with Gasteiger partial charge in [-0.2, -0.15) is 0 Å². The van der Waals surface area contributed by atoms with Crippen LogP contribution >= 0.6 is 0 Å². The molecule has 9 heteroatoms. The second-order valence-electron chi connectivity index (χ2n) is 13.6. The second kappa shape index (κ2) is 16.0. The highest BCUT2D eigenvalue weighted by molar-refractivity contribution is 6.05. The van der Waals surface area contributed by atoms with Crippen LogP contribution in [0.2, 0.25) is 0 Å². The number of aromatic amines is 2. The van der Waals surface area contributed by atoms with Crippen LogP contribution in [0.15, 0.2) is 119 Å². The van der Waals surface area contributed by atoms with Crippen molar-refractivity contribution in [1.82, 2.24) is 9.97 Å². The number of aromatic nitrogens is 2. The number of benzene rings is 4. The molecule has 4 aromatic carbocycles. The Morgan fingerprint density at radius 2 is 1.10 bits per heavy atom. The van der Waals surface area contributed by atoms with Gasteiger partial charge in [-0.05, 0) is 70.5 Å². The van der Waals surface area contributed by atoms with Gasteiger partial charge >= 0.3 is 5.97 Å². The summed E-state index contributed by atoms with van der Waals surface area (Å²) in [6.45, 7) is 12.9. The van der Waals surface area contributed by atoms with Gasteiger partial charge in [-0.1, -0.05) is 97.5 Å². The summed E-state index contributed by atoms with van der Waals surface area (Å²) in [7, 11) is 0. The topological polar surface area (TPSA) is 158 Å². The minimum Gasteiger partial charge on any atom is -0.477 e. The highest BCUT2D eigenvalue weighted by Gasteiger charge is 2.17. The van der Waals surface area contributed by atoms with Crippen LogP contribution < -0.4 is 21.9 Å². The number of carboxylic acid groups (broad SMARTS) is 1. The monoisotopic (exact) mass is 674 g/mol. The van der Waals surface area contributed by atoms with Crippen LogP contribution in [0.3, 0.4) is 0 Å². The van der Waals surface area contributed by atoms with E-state index in [4.69, 9.17) is 10.8 Å². The maximum absolute atomic E-state index is 12.5. The number of para-hydroxylation sites is 2. The SMILES string of the molecule is C.CC(C)(C)c1cccc(N)c1.CC(C)(C)c1cccc(NC(=O)c2c[nH]c3ccccc3c2=O)c1.O=C(O)c1c[nH]c2ccccc2c1=O. The number of nitrogen functional groups attached to an aromatic ring is 1. The number of anilines is 2. The number of carbonyl (C=O) groups is 2. The lowest BCUT2D eigenvalue weighted by atomic mass is 9.87. The van der Waals surface area contributed by atoms with Crippen molar-refractivity contribution in [1.29, 1.82) is 0 Å². The van der Waals surface area contributed by atoms with E-state index in [1.165, 1.54) is 18.0 Å². The molecule has 0 saturated heterocycles. The Hall–Kier alpha value is -5.96. The van der Waals surface area contributed by atoms with Crippen LogP contribution in [0.1, 0.15) is 80.8 Å². The fourth-order valence-corrected chi connectivity index (χ4v) is 4.93. The molecule has 6 aromatic rings. The van der Waals surface area contributed by atoms with Crippen LogP contribution in [0.25, 0.3) is 21.8 Å². The van der Waals surface area contributed by atoms with Crippen molar-refractivity contribution in [3.63, 3.8) is 0 Å². The molecule has 0 radical (unpaired) electrons. The van der Waals surface area contributed by atoms with Gasteiger partial charge in [-0.15, -0.1) is 0 Å². The highest BCUT2D eigenvalue weighted by Crippen LogP contribution is 2.25. The zero-order valence-electron chi connectivity index (χ0n) is 28.5. The number of hydrogen-bond donors (Lipinski definition) is 5. The van der Waals surface area contributed by atoms with E-state index >= 15 is 0 Å². The van der Waals surface area contributed by atoms with E-state index in [1.54, 1.807) is 36.4 Å². The highest BCUT2D eigenvalue weighted by atomic mass is 16.4. The Kier molecular flexibility index (Phi) is 12.3. The average Bonchev–Trinajstić information content (AvgIpc) is 3.05. The number of fused-ring (bicyclic) bond motifs is 2. The Balaban J connectivity index is 0.000000221. The molecule has 1 amide bonds. The van der Waals surface area contributed by atoms with Gasteiger partial charge in [0.15, 0.2) is 0 Å². The average molecular weight is 675 g/mol. The number of carbonyl (C=O) groups excluding carboxylic acids is 1. The summed E-state index contributed by atoms with van der Waals surface area (Å²) in [4.78, 5) is 53.0. The molecule has 6 N–H and O–H groups in total. The molecule has 0 fully saturated rings. The van der Waals surface area contributed by atoms with E-state index in [1.807, 2.05) is 54.6 Å². The van der Waals surface area contributed by atoms with Gasteiger partial charge in [0.1, 0.15) is 11.1 Å². The zero-order valence-corrected chi connectivity index (χ0v) is 28.5. The summed E-state index contributed by atoms with van der Waals surface area (Å²) in [6, 6.07) is 29.7. The van der Waals surface area contributed by atoms with Crippen molar-refractivity contribution < 1.29 is 14.7 Å². The quantitative estimate of drug-likeness (QED) is 0.118.